The van der Waals surface area contributed by atoms with Crippen LogP contribution in [0.3, 0.4) is 0 Å². The van der Waals surface area contributed by atoms with Gasteiger partial charge in [-0.3, -0.25) is 9.48 Å². The highest BCUT2D eigenvalue weighted by atomic mass is 35.5. The molecule has 5 nitrogen and oxygen atoms in total. The third kappa shape index (κ3) is 6.76. The molecule has 6 heteroatoms. The molecule has 0 aliphatic carbocycles. The van der Waals surface area contributed by atoms with Gasteiger partial charge < -0.3 is 10.2 Å². The van der Waals surface area contributed by atoms with Crippen molar-refractivity contribution in [2.24, 2.45) is 5.92 Å². The zero-order valence-electron chi connectivity index (χ0n) is 16.4. The summed E-state index contributed by atoms with van der Waals surface area (Å²) in [6.07, 6.45) is 9.64. The second-order valence-electron chi connectivity index (χ2n) is 7.60. The average molecular weight is 381 g/mol. The van der Waals surface area contributed by atoms with E-state index in [2.05, 4.69) is 29.2 Å². The van der Waals surface area contributed by atoms with E-state index in [1.807, 2.05) is 6.92 Å². The van der Waals surface area contributed by atoms with Crippen molar-refractivity contribution in [2.45, 2.75) is 59.4 Å². The van der Waals surface area contributed by atoms with E-state index in [0.29, 0.717) is 17.6 Å². The van der Waals surface area contributed by atoms with Crippen LogP contribution in [0.2, 0.25) is 5.15 Å². The van der Waals surface area contributed by atoms with Crippen LogP contribution in [0.4, 0.5) is 0 Å². The summed E-state index contributed by atoms with van der Waals surface area (Å²) >= 11 is 6.40. The van der Waals surface area contributed by atoms with Crippen LogP contribution < -0.4 is 5.32 Å². The van der Waals surface area contributed by atoms with Crippen LogP contribution in [0.1, 0.15) is 57.2 Å². The van der Waals surface area contributed by atoms with Crippen molar-refractivity contribution in [1.82, 2.24) is 20.0 Å². The zero-order chi connectivity index (χ0) is 18.9. The summed E-state index contributed by atoms with van der Waals surface area (Å²) in [4.78, 5) is 14.6. The molecule has 1 N–H and O–H groups in total. The Kier molecular flexibility index (Phi) is 8.66. The lowest BCUT2D eigenvalue weighted by Crippen LogP contribution is -2.30. The lowest BCUT2D eigenvalue weighted by molar-refractivity contribution is -0.116. The number of nitrogens with one attached hydrogen (secondary N) is 1. The third-order valence-electron chi connectivity index (χ3n) is 4.70. The quantitative estimate of drug-likeness (QED) is 0.549. The van der Waals surface area contributed by atoms with Crippen LogP contribution >= 0.6 is 11.6 Å². The van der Waals surface area contributed by atoms with Crippen LogP contribution in [0, 0.1) is 12.8 Å². The Morgan fingerprint density at radius 2 is 1.96 bits per heavy atom. The molecule has 1 amide bonds. The maximum atomic E-state index is 12.0. The highest BCUT2D eigenvalue weighted by molar-refractivity contribution is 6.31. The fourth-order valence-corrected chi connectivity index (χ4v) is 3.62. The number of hydrogen-bond donors (Lipinski definition) is 1. The Balaban J connectivity index is 1.76. The molecule has 1 fully saturated rings. The summed E-state index contributed by atoms with van der Waals surface area (Å²) in [6, 6.07) is 0. The lowest BCUT2D eigenvalue weighted by Gasteiger charge is -2.19. The molecule has 0 spiro atoms. The van der Waals surface area contributed by atoms with Crippen molar-refractivity contribution in [1.29, 1.82) is 0 Å². The summed E-state index contributed by atoms with van der Waals surface area (Å²) in [5.41, 5.74) is 1.67. The van der Waals surface area contributed by atoms with E-state index in [1.54, 1.807) is 16.8 Å². The van der Waals surface area contributed by atoms with Crippen LogP contribution in [-0.4, -0.2) is 46.8 Å². The Morgan fingerprint density at radius 3 is 2.62 bits per heavy atom. The number of halogens is 1. The molecule has 0 saturated carbocycles. The Hall–Kier alpha value is -1.33. The van der Waals surface area contributed by atoms with E-state index < -0.39 is 0 Å². The number of carbonyl (C=O) groups excluding carboxylic acids is 1. The van der Waals surface area contributed by atoms with E-state index in [1.165, 1.54) is 38.8 Å². The fraction of sp³-hybridized carbons (Fsp3) is 0.700. The SMILES string of the molecule is Cc1nn(CC(C)C)c(Cl)c1/C=C/C(=O)NCCCN1CCCCCC1. The molecule has 0 aromatic carbocycles. The van der Waals surface area contributed by atoms with E-state index >= 15 is 0 Å². The Bertz CT molecular complexity index is 601. The number of carbonyl (C=O) groups is 1. The van der Waals surface area contributed by atoms with Crippen LogP contribution in [-0.2, 0) is 11.3 Å². The van der Waals surface area contributed by atoms with Gasteiger partial charge in [-0.15, -0.1) is 0 Å². The normalized spacial score (nSPS) is 16.3. The lowest BCUT2D eigenvalue weighted by atomic mass is 10.2. The first-order valence-corrected chi connectivity index (χ1v) is 10.3. The van der Waals surface area contributed by atoms with Gasteiger partial charge in [0.25, 0.3) is 0 Å². The zero-order valence-corrected chi connectivity index (χ0v) is 17.2. The third-order valence-corrected chi connectivity index (χ3v) is 5.10. The first-order chi connectivity index (χ1) is 12.5. The van der Waals surface area contributed by atoms with Crippen molar-refractivity contribution >= 4 is 23.6 Å². The van der Waals surface area contributed by atoms with Crippen molar-refractivity contribution in [3.63, 3.8) is 0 Å². The molecule has 1 saturated heterocycles. The van der Waals surface area contributed by atoms with Gasteiger partial charge in [-0.1, -0.05) is 38.3 Å². The fourth-order valence-electron chi connectivity index (χ4n) is 3.32. The second-order valence-corrected chi connectivity index (χ2v) is 7.96. The highest BCUT2D eigenvalue weighted by Crippen LogP contribution is 2.22. The summed E-state index contributed by atoms with van der Waals surface area (Å²) in [6.45, 7) is 11.1. The molecule has 1 aliphatic rings. The van der Waals surface area contributed by atoms with Gasteiger partial charge in [-0.25, -0.2) is 0 Å². The summed E-state index contributed by atoms with van der Waals surface area (Å²) < 4.78 is 1.81. The van der Waals surface area contributed by atoms with Gasteiger partial charge in [-0.2, -0.15) is 5.10 Å². The average Bonchev–Trinajstić information content (AvgIpc) is 2.78. The van der Waals surface area contributed by atoms with E-state index in [4.69, 9.17) is 11.6 Å². The van der Waals surface area contributed by atoms with Crippen LogP contribution in [0.5, 0.6) is 0 Å². The predicted molar refractivity (Wildman–Crippen MR) is 108 cm³/mol. The first kappa shape index (κ1) is 21.0. The van der Waals surface area contributed by atoms with Crippen molar-refractivity contribution in [3.8, 4) is 0 Å². The second kappa shape index (κ2) is 10.7. The number of rotatable bonds is 8. The Morgan fingerprint density at radius 1 is 1.27 bits per heavy atom. The molecule has 2 heterocycles. The standard InChI is InChI=1S/C20H33ClN4O/c1-16(2)15-25-20(21)18(17(3)23-25)9-10-19(26)22-11-8-14-24-12-6-4-5-7-13-24/h9-10,16H,4-8,11-15H2,1-3H3,(H,22,26)/b10-9+. The topological polar surface area (TPSA) is 50.2 Å². The number of nitrogens with zero attached hydrogens (tertiary/aromatic N) is 3. The Labute approximate surface area is 162 Å². The summed E-state index contributed by atoms with van der Waals surface area (Å²) in [7, 11) is 0. The van der Waals surface area contributed by atoms with Crippen molar-refractivity contribution in [2.75, 3.05) is 26.2 Å². The first-order valence-electron chi connectivity index (χ1n) is 9.88. The van der Waals surface area contributed by atoms with E-state index in [-0.39, 0.29) is 5.91 Å². The summed E-state index contributed by atoms with van der Waals surface area (Å²) in [5.74, 6) is 0.393. The number of amides is 1. The maximum absolute atomic E-state index is 12.0. The molecule has 26 heavy (non-hydrogen) atoms. The van der Waals surface area contributed by atoms with Gasteiger partial charge in [0.1, 0.15) is 5.15 Å². The molecule has 1 aromatic rings. The van der Waals surface area contributed by atoms with Gasteiger partial charge >= 0.3 is 0 Å². The largest absolute Gasteiger partial charge is 0.353 e. The minimum atomic E-state index is -0.0760. The maximum Gasteiger partial charge on any atom is 0.244 e. The van der Waals surface area contributed by atoms with Gasteiger partial charge in [-0.05, 0) is 57.8 Å². The molecule has 1 aliphatic heterocycles. The van der Waals surface area contributed by atoms with Gasteiger partial charge in [0.2, 0.25) is 5.91 Å². The molecule has 0 bridgehead atoms. The van der Waals surface area contributed by atoms with Crippen molar-refractivity contribution < 1.29 is 4.79 Å². The van der Waals surface area contributed by atoms with Crippen LogP contribution in [0.25, 0.3) is 6.08 Å². The number of aromatic nitrogens is 2. The smallest absolute Gasteiger partial charge is 0.244 e. The molecule has 0 radical (unpaired) electrons. The molecule has 1 aromatic heterocycles. The molecule has 0 unspecified atom stereocenters. The highest BCUT2D eigenvalue weighted by Gasteiger charge is 2.12. The predicted octanol–water partition coefficient (Wildman–Crippen LogP) is 3.90. The number of hydrogen-bond acceptors (Lipinski definition) is 3. The van der Waals surface area contributed by atoms with Crippen LogP contribution in [0.15, 0.2) is 6.08 Å². The van der Waals surface area contributed by atoms with E-state index in [0.717, 1.165) is 30.8 Å². The van der Waals surface area contributed by atoms with E-state index in [9.17, 15) is 4.79 Å². The molecule has 146 valence electrons. The van der Waals surface area contributed by atoms with Gasteiger partial charge in [0.05, 0.1) is 5.69 Å². The number of aryl methyl sites for hydroxylation is 1. The minimum absolute atomic E-state index is 0.0760. The number of likely N-dealkylation sites (tertiary alicyclic amines) is 1. The van der Waals surface area contributed by atoms with Crippen molar-refractivity contribution in [3.05, 3.63) is 22.5 Å². The molecule has 0 atom stereocenters. The molecular weight excluding hydrogens is 348 g/mol. The van der Waals surface area contributed by atoms with Gasteiger partial charge in [0, 0.05) is 24.7 Å². The minimum Gasteiger partial charge on any atom is -0.353 e. The summed E-state index contributed by atoms with van der Waals surface area (Å²) in [5, 5.41) is 8.02. The van der Waals surface area contributed by atoms with Gasteiger partial charge in [0.15, 0.2) is 0 Å². The monoisotopic (exact) mass is 380 g/mol. The molecule has 2 rings (SSSR count). The molecular formula is C20H33ClN4O.